The second kappa shape index (κ2) is 13.1. The van der Waals surface area contributed by atoms with E-state index in [4.69, 9.17) is 15.9 Å². The molecule has 3 aliphatic rings. The number of carbonyl (C=O) groups is 2. The summed E-state index contributed by atoms with van der Waals surface area (Å²) in [7, 11) is 0. The Morgan fingerprint density at radius 1 is 0.902 bits per heavy atom. The highest BCUT2D eigenvalue weighted by atomic mass is 16.2. The minimum atomic E-state index is -1.21. The molecule has 5 rings (SSSR count). The highest BCUT2D eigenvalue weighted by Crippen LogP contribution is 2.38. The molecule has 2 aromatic rings. The fourth-order valence-corrected chi connectivity index (χ4v) is 7.62. The van der Waals surface area contributed by atoms with Crippen LogP contribution in [0.15, 0.2) is 18.3 Å². The minimum absolute atomic E-state index is 0.0737. The average Bonchev–Trinajstić information content (AvgIpc) is 3.76. The van der Waals surface area contributed by atoms with Crippen LogP contribution < -0.4 is 10.6 Å². The summed E-state index contributed by atoms with van der Waals surface area (Å²) in [5.41, 5.74) is 5.77. The number of likely N-dealkylation sites (N-methyl/N-ethyl adjacent to an activating group) is 1. The lowest BCUT2D eigenvalue weighted by molar-refractivity contribution is -0.150. The predicted octanol–water partition coefficient (Wildman–Crippen LogP) is 5.07. The maximum Gasteiger partial charge on any atom is 0.270 e. The minimum Gasteiger partial charge on any atom is -0.370 e. The Morgan fingerprint density at radius 3 is 2.10 bits per heavy atom. The van der Waals surface area contributed by atoms with Gasteiger partial charge in [-0.25, -0.2) is 4.90 Å². The van der Waals surface area contributed by atoms with Crippen molar-refractivity contribution in [1.29, 1.82) is 0 Å². The molecule has 1 saturated heterocycles. The fraction of sp³-hybridized carbons (Fsp3) is 0.742. The number of rotatable bonds is 11. The van der Waals surface area contributed by atoms with Crippen LogP contribution in [0.1, 0.15) is 115 Å². The van der Waals surface area contributed by atoms with Gasteiger partial charge in [0, 0.05) is 37.1 Å². The molecule has 0 bridgehead atoms. The average molecular weight is 567 g/mol. The molecule has 3 heterocycles. The molecular weight excluding hydrogens is 516 g/mol. The number of nitrogens with two attached hydrogens (primary N) is 1. The molecule has 2 N–H and O–H groups in total. The molecule has 1 atom stereocenters. The van der Waals surface area contributed by atoms with Gasteiger partial charge in [-0.1, -0.05) is 52.4 Å². The summed E-state index contributed by atoms with van der Waals surface area (Å²) in [6.07, 6.45) is 15.7. The van der Waals surface area contributed by atoms with Crippen LogP contribution in [0.4, 0.5) is 11.6 Å². The number of primary amides is 1. The van der Waals surface area contributed by atoms with Gasteiger partial charge in [0.1, 0.15) is 0 Å². The molecule has 2 amide bonds. The highest BCUT2D eigenvalue weighted by Gasteiger charge is 2.53. The zero-order valence-corrected chi connectivity index (χ0v) is 25.4. The van der Waals surface area contributed by atoms with E-state index < -0.39 is 11.6 Å². The Kier molecular flexibility index (Phi) is 9.49. The molecule has 0 radical (unpaired) electrons. The van der Waals surface area contributed by atoms with Crippen molar-refractivity contribution in [2.45, 2.75) is 122 Å². The van der Waals surface area contributed by atoms with E-state index in [9.17, 15) is 4.79 Å². The Labute approximate surface area is 245 Å². The molecule has 10 heteroatoms. The summed E-state index contributed by atoms with van der Waals surface area (Å²) in [5, 5.41) is 10.1. The van der Waals surface area contributed by atoms with Crippen molar-refractivity contribution >= 4 is 23.5 Å². The molecule has 3 fully saturated rings. The van der Waals surface area contributed by atoms with Crippen molar-refractivity contribution in [3.63, 3.8) is 0 Å². The van der Waals surface area contributed by atoms with Crippen molar-refractivity contribution < 1.29 is 9.59 Å². The summed E-state index contributed by atoms with van der Waals surface area (Å²) >= 11 is 0. The number of carbonyl (C=O) groups excluding carboxylic acids is 2. The number of amides is 2. The molecule has 0 aromatic carbocycles. The van der Waals surface area contributed by atoms with E-state index >= 15 is 4.79 Å². The van der Waals surface area contributed by atoms with Crippen LogP contribution in [-0.2, 0) is 9.59 Å². The molecular formula is C31H50N8O2. The van der Waals surface area contributed by atoms with Gasteiger partial charge < -0.3 is 5.73 Å². The normalized spacial score (nSPS) is 20.9. The first-order chi connectivity index (χ1) is 19.9. The molecule has 0 spiro atoms. The number of likely N-dealkylation sites (tertiary alicyclic amines) is 1. The van der Waals surface area contributed by atoms with Gasteiger partial charge in [-0.3, -0.25) is 28.8 Å². The molecule has 1 unspecified atom stereocenters. The highest BCUT2D eigenvalue weighted by molar-refractivity contribution is 6.06. The lowest BCUT2D eigenvalue weighted by Crippen LogP contribution is -2.69. The van der Waals surface area contributed by atoms with E-state index in [1.807, 2.05) is 36.9 Å². The Balaban J connectivity index is 1.63. The summed E-state index contributed by atoms with van der Waals surface area (Å²) in [4.78, 5) is 34.0. The van der Waals surface area contributed by atoms with E-state index in [1.54, 1.807) is 4.90 Å². The lowest BCUT2D eigenvalue weighted by atomic mass is 9.95. The Morgan fingerprint density at radius 2 is 1.51 bits per heavy atom. The standard InChI is InChI=1S/C31H50N8O2/c1-4-35(5-2)31(23-27(32)40,36-19-12-13-20-36)30(41)38(28-18-21-37(33-28)25-14-8-6-9-15-25)29-22-24(3)39(34-29)26-16-10-7-11-17-26/h18,21-22,25-26H,4-17,19-20,23H2,1-3H3,(H2,32,40). The first kappa shape index (κ1) is 29.8. The van der Waals surface area contributed by atoms with Crippen molar-refractivity contribution in [2.24, 2.45) is 5.73 Å². The molecule has 1 aliphatic heterocycles. The van der Waals surface area contributed by atoms with E-state index in [0.29, 0.717) is 36.8 Å². The number of hydrogen-bond donors (Lipinski definition) is 1. The summed E-state index contributed by atoms with van der Waals surface area (Å²) < 4.78 is 4.17. The van der Waals surface area contributed by atoms with Gasteiger partial charge >= 0.3 is 0 Å². The van der Waals surface area contributed by atoms with Gasteiger partial charge in [-0.05, 0) is 58.5 Å². The molecule has 10 nitrogen and oxygen atoms in total. The van der Waals surface area contributed by atoms with Crippen molar-refractivity contribution in [2.75, 3.05) is 31.1 Å². The molecule has 2 aliphatic carbocycles. The van der Waals surface area contributed by atoms with Crippen LogP contribution in [0, 0.1) is 6.92 Å². The van der Waals surface area contributed by atoms with Crippen LogP contribution >= 0.6 is 0 Å². The maximum absolute atomic E-state index is 15.3. The zero-order valence-electron chi connectivity index (χ0n) is 25.4. The van der Waals surface area contributed by atoms with Crippen molar-refractivity contribution in [3.8, 4) is 0 Å². The second-order valence-corrected chi connectivity index (χ2v) is 12.3. The van der Waals surface area contributed by atoms with Gasteiger partial charge in [-0.2, -0.15) is 10.2 Å². The predicted molar refractivity (Wildman–Crippen MR) is 161 cm³/mol. The SMILES string of the molecule is CCN(CC)C(CC(N)=O)(C(=O)N(c1ccn(C2CCCCC2)n1)c1cc(C)n(C2CCCCC2)n1)N1CCCC1. The molecule has 41 heavy (non-hydrogen) atoms. The topological polar surface area (TPSA) is 106 Å². The maximum atomic E-state index is 15.3. The van der Waals surface area contributed by atoms with E-state index in [1.165, 1.54) is 38.5 Å². The van der Waals surface area contributed by atoms with Crippen LogP contribution in [0.3, 0.4) is 0 Å². The fourth-order valence-electron chi connectivity index (χ4n) is 7.62. The van der Waals surface area contributed by atoms with Crippen molar-refractivity contribution in [3.05, 3.63) is 24.0 Å². The quantitative estimate of drug-likeness (QED) is 0.407. The smallest absolute Gasteiger partial charge is 0.270 e. The van der Waals surface area contributed by atoms with Gasteiger partial charge in [0.25, 0.3) is 5.91 Å². The molecule has 2 saturated carbocycles. The number of hydrogen-bond acceptors (Lipinski definition) is 6. The van der Waals surface area contributed by atoms with Crippen LogP contribution in [0.2, 0.25) is 0 Å². The number of nitrogens with zero attached hydrogens (tertiary/aromatic N) is 7. The van der Waals surface area contributed by atoms with E-state index in [2.05, 4.69) is 21.4 Å². The van der Waals surface area contributed by atoms with Gasteiger partial charge in [-0.15, -0.1) is 0 Å². The van der Waals surface area contributed by atoms with Gasteiger partial charge in [0.05, 0.1) is 18.5 Å². The van der Waals surface area contributed by atoms with Crippen LogP contribution in [0.5, 0.6) is 0 Å². The van der Waals surface area contributed by atoms with Crippen LogP contribution in [-0.4, -0.2) is 73.0 Å². The third-order valence-electron chi connectivity index (χ3n) is 9.71. The van der Waals surface area contributed by atoms with Gasteiger partial charge in [0.2, 0.25) is 5.91 Å². The number of aromatic nitrogens is 4. The lowest BCUT2D eigenvalue weighted by Gasteiger charge is -2.48. The third-order valence-corrected chi connectivity index (χ3v) is 9.71. The second-order valence-electron chi connectivity index (χ2n) is 12.3. The number of anilines is 2. The summed E-state index contributed by atoms with van der Waals surface area (Å²) in [5.74, 6) is 0.471. The van der Waals surface area contributed by atoms with E-state index in [0.717, 1.165) is 57.3 Å². The Hall–Kier alpha value is -2.72. The first-order valence-corrected chi connectivity index (χ1v) is 16.1. The molecule has 226 valence electrons. The van der Waals surface area contributed by atoms with Crippen LogP contribution in [0.25, 0.3) is 0 Å². The summed E-state index contributed by atoms with van der Waals surface area (Å²) in [6.45, 7) is 8.90. The van der Waals surface area contributed by atoms with Crippen molar-refractivity contribution in [1.82, 2.24) is 29.4 Å². The zero-order chi connectivity index (χ0) is 29.0. The first-order valence-electron chi connectivity index (χ1n) is 16.1. The van der Waals surface area contributed by atoms with E-state index in [-0.39, 0.29) is 12.3 Å². The third kappa shape index (κ3) is 5.95. The monoisotopic (exact) mass is 566 g/mol. The summed E-state index contributed by atoms with van der Waals surface area (Å²) in [6, 6.07) is 4.65. The number of aryl methyl sites for hydroxylation is 1. The largest absolute Gasteiger partial charge is 0.370 e. The molecule has 2 aromatic heterocycles. The Bertz CT molecular complexity index is 1160. The van der Waals surface area contributed by atoms with Gasteiger partial charge in [0.15, 0.2) is 17.3 Å².